The summed E-state index contributed by atoms with van der Waals surface area (Å²) in [6.45, 7) is 0. The Hall–Kier alpha value is -2.28. The molecule has 17 heavy (non-hydrogen) atoms. The van der Waals surface area contributed by atoms with Gasteiger partial charge in [0.05, 0.1) is 12.5 Å². The fourth-order valence-corrected chi connectivity index (χ4v) is 1.96. The molecule has 0 spiro atoms. The van der Waals surface area contributed by atoms with Crippen molar-refractivity contribution in [3.63, 3.8) is 0 Å². The van der Waals surface area contributed by atoms with Gasteiger partial charge in [-0.25, -0.2) is 15.0 Å². The molecule has 0 aliphatic carbocycles. The zero-order valence-corrected chi connectivity index (χ0v) is 9.48. The van der Waals surface area contributed by atoms with E-state index < -0.39 is 0 Å². The smallest absolute Gasteiger partial charge is 0.182 e. The van der Waals surface area contributed by atoms with Crippen LogP contribution in [0.2, 0.25) is 0 Å². The fourth-order valence-electron chi connectivity index (χ4n) is 1.37. The first kappa shape index (κ1) is 9.91. The molecule has 7 heteroatoms. The zero-order valence-electron chi connectivity index (χ0n) is 8.66. The highest BCUT2D eigenvalue weighted by atomic mass is 32.1. The zero-order chi connectivity index (χ0) is 11.5. The van der Waals surface area contributed by atoms with Crippen LogP contribution in [0.15, 0.2) is 35.3 Å². The minimum absolute atomic E-state index is 0.611. The van der Waals surface area contributed by atoms with Gasteiger partial charge in [0, 0.05) is 4.88 Å². The number of hydrogen-bond donors (Lipinski definition) is 2. The molecule has 0 unspecified atom stereocenters. The summed E-state index contributed by atoms with van der Waals surface area (Å²) in [5, 5.41) is 6.11. The highest BCUT2D eigenvalue weighted by molar-refractivity contribution is 7.11. The van der Waals surface area contributed by atoms with Crippen LogP contribution in [0.25, 0.3) is 11.2 Å². The van der Waals surface area contributed by atoms with Crippen molar-refractivity contribution in [1.29, 1.82) is 0 Å². The first-order chi connectivity index (χ1) is 8.43. The van der Waals surface area contributed by atoms with Crippen molar-refractivity contribution in [2.75, 3.05) is 5.43 Å². The summed E-state index contributed by atoms with van der Waals surface area (Å²) in [7, 11) is 0. The predicted octanol–water partition coefficient (Wildman–Crippen LogP) is 1.86. The van der Waals surface area contributed by atoms with E-state index in [9.17, 15) is 0 Å². The van der Waals surface area contributed by atoms with Gasteiger partial charge in [-0.1, -0.05) is 6.07 Å². The standard InChI is InChI=1S/C10H8N6S/c1-2-7(17-3-1)4-15-16-10-8-9(12-5-11-8)13-6-14-10/h1-6H,(H2,11,12,13,14,16)/b15-4+. The van der Waals surface area contributed by atoms with Gasteiger partial charge in [0.1, 0.15) is 11.8 Å². The lowest BCUT2D eigenvalue weighted by atomic mass is 10.5. The van der Waals surface area contributed by atoms with E-state index in [-0.39, 0.29) is 0 Å². The molecule has 0 bridgehead atoms. The Morgan fingerprint density at radius 1 is 1.35 bits per heavy atom. The summed E-state index contributed by atoms with van der Waals surface area (Å²) in [5.41, 5.74) is 4.23. The van der Waals surface area contributed by atoms with Crippen molar-refractivity contribution in [3.8, 4) is 0 Å². The molecule has 0 saturated carbocycles. The third kappa shape index (κ3) is 2.00. The van der Waals surface area contributed by atoms with Crippen LogP contribution < -0.4 is 5.43 Å². The molecule has 0 saturated heterocycles. The number of rotatable bonds is 3. The first-order valence-electron chi connectivity index (χ1n) is 4.90. The van der Waals surface area contributed by atoms with Crippen LogP contribution in [0.5, 0.6) is 0 Å². The number of anilines is 1. The first-order valence-corrected chi connectivity index (χ1v) is 5.78. The second kappa shape index (κ2) is 4.30. The van der Waals surface area contributed by atoms with Crippen LogP contribution in [0.4, 0.5) is 5.82 Å². The second-order valence-corrected chi connectivity index (χ2v) is 4.19. The van der Waals surface area contributed by atoms with Crippen LogP contribution in [-0.2, 0) is 0 Å². The molecule has 3 rings (SSSR count). The summed E-state index contributed by atoms with van der Waals surface area (Å²) in [6, 6.07) is 3.96. The minimum atomic E-state index is 0.611. The maximum absolute atomic E-state index is 4.11. The summed E-state index contributed by atoms with van der Waals surface area (Å²) in [5.74, 6) is 0.611. The highest BCUT2D eigenvalue weighted by Gasteiger charge is 2.03. The number of imidazole rings is 1. The van der Waals surface area contributed by atoms with E-state index in [0.29, 0.717) is 11.5 Å². The van der Waals surface area contributed by atoms with E-state index >= 15 is 0 Å². The summed E-state index contributed by atoms with van der Waals surface area (Å²) < 4.78 is 0. The average molecular weight is 244 g/mol. The van der Waals surface area contributed by atoms with Gasteiger partial charge in [-0.15, -0.1) is 11.3 Å². The molecule has 84 valence electrons. The predicted molar refractivity (Wildman–Crippen MR) is 67.2 cm³/mol. The molecule has 0 aliphatic heterocycles. The third-order valence-corrected chi connectivity index (χ3v) is 2.94. The lowest BCUT2D eigenvalue weighted by Crippen LogP contribution is -1.95. The SMILES string of the molecule is C(=N\Nc1ncnc2nc[nH]c12)/c1cccs1. The van der Waals surface area contributed by atoms with E-state index in [1.807, 2.05) is 17.5 Å². The van der Waals surface area contributed by atoms with Crippen LogP contribution in [0, 0.1) is 0 Å². The largest absolute Gasteiger partial charge is 0.340 e. The van der Waals surface area contributed by atoms with E-state index in [4.69, 9.17) is 0 Å². The van der Waals surface area contributed by atoms with E-state index in [0.717, 1.165) is 10.4 Å². The van der Waals surface area contributed by atoms with E-state index in [1.54, 1.807) is 23.9 Å². The molecule has 0 amide bonds. The molecule has 3 aromatic rings. The molecular formula is C10H8N6S. The van der Waals surface area contributed by atoms with Crippen molar-refractivity contribution < 1.29 is 0 Å². The second-order valence-electron chi connectivity index (χ2n) is 3.21. The highest BCUT2D eigenvalue weighted by Crippen LogP contribution is 2.14. The monoisotopic (exact) mass is 244 g/mol. The van der Waals surface area contributed by atoms with Gasteiger partial charge in [0.25, 0.3) is 0 Å². The van der Waals surface area contributed by atoms with E-state index in [1.165, 1.54) is 6.33 Å². The number of hydrogen-bond acceptors (Lipinski definition) is 6. The van der Waals surface area contributed by atoms with Gasteiger partial charge in [-0.05, 0) is 11.4 Å². The van der Waals surface area contributed by atoms with Crippen molar-refractivity contribution in [1.82, 2.24) is 19.9 Å². The average Bonchev–Trinajstić information content (AvgIpc) is 2.99. The summed E-state index contributed by atoms with van der Waals surface area (Å²) in [4.78, 5) is 16.2. The maximum atomic E-state index is 4.11. The molecule has 0 aromatic carbocycles. The van der Waals surface area contributed by atoms with Gasteiger partial charge in [0.15, 0.2) is 11.5 Å². The Morgan fingerprint density at radius 2 is 2.35 bits per heavy atom. The van der Waals surface area contributed by atoms with Gasteiger partial charge in [-0.2, -0.15) is 5.10 Å². The molecule has 6 nitrogen and oxygen atoms in total. The van der Waals surface area contributed by atoms with Gasteiger partial charge < -0.3 is 4.98 Å². The Balaban J connectivity index is 1.83. The van der Waals surface area contributed by atoms with Crippen LogP contribution in [0.3, 0.4) is 0 Å². The lowest BCUT2D eigenvalue weighted by molar-refractivity contribution is 1.17. The van der Waals surface area contributed by atoms with Gasteiger partial charge >= 0.3 is 0 Å². The fraction of sp³-hybridized carbons (Fsp3) is 0. The van der Waals surface area contributed by atoms with Crippen LogP contribution in [-0.4, -0.2) is 26.2 Å². The maximum Gasteiger partial charge on any atom is 0.182 e. The van der Waals surface area contributed by atoms with Crippen molar-refractivity contribution in [2.45, 2.75) is 0 Å². The number of H-pyrrole nitrogens is 1. The molecule has 0 fully saturated rings. The van der Waals surface area contributed by atoms with Crippen molar-refractivity contribution in [2.24, 2.45) is 5.10 Å². The lowest BCUT2D eigenvalue weighted by Gasteiger charge is -1.98. The quantitative estimate of drug-likeness (QED) is 0.544. The Morgan fingerprint density at radius 3 is 3.24 bits per heavy atom. The third-order valence-electron chi connectivity index (χ3n) is 2.13. The van der Waals surface area contributed by atoms with Gasteiger partial charge in [-0.3, -0.25) is 5.43 Å². The molecule has 3 heterocycles. The van der Waals surface area contributed by atoms with E-state index in [2.05, 4.69) is 30.5 Å². The van der Waals surface area contributed by atoms with Crippen LogP contribution >= 0.6 is 11.3 Å². The number of hydrazone groups is 1. The number of aromatic amines is 1. The Kier molecular flexibility index (Phi) is 2.51. The number of thiophene rings is 1. The molecule has 2 N–H and O–H groups in total. The number of nitrogens with zero attached hydrogens (tertiary/aromatic N) is 4. The normalized spacial score (nSPS) is 11.3. The Labute approximate surface area is 100 Å². The molecule has 0 radical (unpaired) electrons. The van der Waals surface area contributed by atoms with Crippen molar-refractivity contribution in [3.05, 3.63) is 35.0 Å². The number of aromatic nitrogens is 4. The van der Waals surface area contributed by atoms with Crippen molar-refractivity contribution >= 4 is 34.5 Å². The Bertz CT molecular complexity index is 642. The van der Waals surface area contributed by atoms with Gasteiger partial charge in [0.2, 0.25) is 0 Å². The number of fused-ring (bicyclic) bond motifs is 1. The topological polar surface area (TPSA) is 78.8 Å². The minimum Gasteiger partial charge on any atom is -0.340 e. The van der Waals surface area contributed by atoms with Crippen LogP contribution in [0.1, 0.15) is 4.88 Å². The summed E-state index contributed by atoms with van der Waals surface area (Å²) in [6.07, 6.45) is 4.77. The summed E-state index contributed by atoms with van der Waals surface area (Å²) >= 11 is 1.62. The molecule has 0 atom stereocenters. The molecule has 0 aliphatic rings. The number of nitrogens with one attached hydrogen (secondary N) is 2. The molecule has 3 aromatic heterocycles. The molecular weight excluding hydrogens is 236 g/mol.